The van der Waals surface area contributed by atoms with Gasteiger partial charge in [0.15, 0.2) is 0 Å². The molecule has 0 fully saturated rings. The van der Waals surface area contributed by atoms with Crippen molar-refractivity contribution in [2.24, 2.45) is 5.41 Å². The van der Waals surface area contributed by atoms with E-state index in [1.54, 1.807) is 44.4 Å². The van der Waals surface area contributed by atoms with Crippen LogP contribution in [-0.2, 0) is 13.1 Å². The first-order chi connectivity index (χ1) is 17.1. The van der Waals surface area contributed by atoms with Crippen molar-refractivity contribution in [3.8, 4) is 17.5 Å². The Kier molecular flexibility index (Phi) is 7.21. The van der Waals surface area contributed by atoms with Crippen LogP contribution in [0.2, 0.25) is 4.34 Å². The van der Waals surface area contributed by atoms with Crippen LogP contribution in [0.5, 0.6) is 0 Å². The number of pyridine rings is 1. The number of hydrogen-bond donors (Lipinski definition) is 1. The van der Waals surface area contributed by atoms with Gasteiger partial charge in [-0.3, -0.25) is 19.0 Å². The average molecular weight is 541 g/mol. The molecule has 0 aliphatic rings. The summed E-state index contributed by atoms with van der Waals surface area (Å²) in [4.78, 5) is 39.8. The smallest absolute Gasteiger partial charge is 0.254 e. The first-order valence-corrected chi connectivity index (χ1v) is 12.8. The standard InChI is InChI=1S/C24H21ClN6O3S2/c1-24(2,3)23(34)31-20(27-12-15-5-6-19(25)36-15)10-17(28-31)22-14(11-26)4-7-21(33)30(22)13-18(32)16-8-9-35-29-16/h4-10,27H,12-13H2,1-3H3. The fourth-order valence-corrected chi connectivity index (χ4v) is 4.96. The van der Waals surface area contributed by atoms with E-state index in [9.17, 15) is 19.6 Å². The lowest BCUT2D eigenvalue weighted by Gasteiger charge is -2.18. The Balaban J connectivity index is 1.82. The maximum absolute atomic E-state index is 13.2. The lowest BCUT2D eigenvalue weighted by Crippen LogP contribution is -2.29. The number of carbonyl (C=O) groups is 2. The minimum Gasteiger partial charge on any atom is -0.365 e. The van der Waals surface area contributed by atoms with Crippen LogP contribution in [0.3, 0.4) is 0 Å². The van der Waals surface area contributed by atoms with Gasteiger partial charge in [-0.2, -0.15) is 19.4 Å². The predicted molar refractivity (Wildman–Crippen MR) is 140 cm³/mol. The number of nitrogens with zero attached hydrogens (tertiary/aromatic N) is 5. The van der Waals surface area contributed by atoms with Crippen LogP contribution >= 0.6 is 34.5 Å². The van der Waals surface area contributed by atoms with Crippen molar-refractivity contribution in [2.75, 3.05) is 5.32 Å². The number of thiophene rings is 1. The first-order valence-electron chi connectivity index (χ1n) is 10.8. The Morgan fingerprint density at radius 3 is 2.58 bits per heavy atom. The molecule has 4 aromatic rings. The molecule has 0 radical (unpaired) electrons. The van der Waals surface area contributed by atoms with E-state index < -0.39 is 11.0 Å². The minimum absolute atomic E-state index is 0.144. The summed E-state index contributed by atoms with van der Waals surface area (Å²) < 4.78 is 7.11. The summed E-state index contributed by atoms with van der Waals surface area (Å²) in [6.07, 6.45) is 0. The van der Waals surface area contributed by atoms with Gasteiger partial charge in [-0.15, -0.1) is 11.3 Å². The second-order valence-electron chi connectivity index (χ2n) is 8.88. The van der Waals surface area contributed by atoms with E-state index in [1.807, 2.05) is 6.07 Å². The molecule has 4 aromatic heterocycles. The van der Waals surface area contributed by atoms with E-state index in [1.165, 1.54) is 32.7 Å². The largest absolute Gasteiger partial charge is 0.365 e. The molecule has 0 aromatic carbocycles. The quantitative estimate of drug-likeness (QED) is 0.329. The van der Waals surface area contributed by atoms with E-state index in [-0.39, 0.29) is 40.9 Å². The summed E-state index contributed by atoms with van der Waals surface area (Å²) in [5.74, 6) is -0.290. The predicted octanol–water partition coefficient (Wildman–Crippen LogP) is 4.94. The van der Waals surface area contributed by atoms with Crippen molar-refractivity contribution >= 4 is 52.0 Å². The number of nitriles is 1. The van der Waals surface area contributed by atoms with Crippen LogP contribution in [0, 0.1) is 16.7 Å². The Bertz CT molecular complexity index is 1540. The highest BCUT2D eigenvalue weighted by molar-refractivity contribution is 7.16. The zero-order valence-corrected chi connectivity index (χ0v) is 22.0. The number of Topliss-reactive ketones (excluding diaryl/α,β-unsaturated/α-hetero) is 1. The van der Waals surface area contributed by atoms with Crippen molar-refractivity contribution in [1.29, 1.82) is 5.26 Å². The van der Waals surface area contributed by atoms with Crippen LogP contribution in [0.4, 0.5) is 5.82 Å². The first kappa shape index (κ1) is 25.5. The van der Waals surface area contributed by atoms with Gasteiger partial charge in [0.1, 0.15) is 23.3 Å². The van der Waals surface area contributed by atoms with Crippen molar-refractivity contribution in [3.05, 3.63) is 72.6 Å². The highest BCUT2D eigenvalue weighted by atomic mass is 35.5. The summed E-state index contributed by atoms with van der Waals surface area (Å²) in [5.41, 5.74) is -0.514. The Hall–Kier alpha value is -3.59. The highest BCUT2D eigenvalue weighted by Crippen LogP contribution is 2.29. The summed E-state index contributed by atoms with van der Waals surface area (Å²) in [5, 5.41) is 19.2. The molecule has 0 spiro atoms. The van der Waals surface area contributed by atoms with E-state index in [0.717, 1.165) is 16.4 Å². The lowest BCUT2D eigenvalue weighted by atomic mass is 9.96. The van der Waals surface area contributed by atoms with Crippen LogP contribution in [0.25, 0.3) is 11.4 Å². The second-order valence-corrected chi connectivity index (χ2v) is 11.3. The van der Waals surface area contributed by atoms with Gasteiger partial charge < -0.3 is 5.32 Å². The number of anilines is 1. The van der Waals surface area contributed by atoms with Gasteiger partial charge in [0.2, 0.25) is 5.78 Å². The molecule has 12 heteroatoms. The average Bonchev–Trinajstić information content (AvgIpc) is 3.59. The summed E-state index contributed by atoms with van der Waals surface area (Å²) in [6.45, 7) is 5.36. The topological polar surface area (TPSA) is 123 Å². The fourth-order valence-electron chi connectivity index (χ4n) is 3.40. The van der Waals surface area contributed by atoms with Crippen LogP contribution in [-0.4, -0.2) is 30.4 Å². The molecule has 0 amide bonds. The number of hydrogen-bond acceptors (Lipinski definition) is 9. The van der Waals surface area contributed by atoms with E-state index in [4.69, 9.17) is 11.6 Å². The maximum Gasteiger partial charge on any atom is 0.254 e. The summed E-state index contributed by atoms with van der Waals surface area (Å²) >= 11 is 8.57. The number of aromatic nitrogens is 4. The van der Waals surface area contributed by atoms with Crippen LogP contribution in [0.15, 0.2) is 46.6 Å². The molecule has 0 aliphatic heterocycles. The number of carbonyl (C=O) groups excluding carboxylic acids is 2. The van der Waals surface area contributed by atoms with E-state index in [0.29, 0.717) is 16.7 Å². The molecule has 0 aliphatic carbocycles. The second kappa shape index (κ2) is 10.2. The summed E-state index contributed by atoms with van der Waals surface area (Å²) in [6, 6.07) is 11.5. The van der Waals surface area contributed by atoms with Crippen molar-refractivity contribution < 1.29 is 9.59 Å². The van der Waals surface area contributed by atoms with Crippen molar-refractivity contribution in [1.82, 2.24) is 18.7 Å². The Labute approximate surface area is 219 Å². The molecule has 184 valence electrons. The highest BCUT2D eigenvalue weighted by Gasteiger charge is 2.28. The molecule has 36 heavy (non-hydrogen) atoms. The molecule has 1 N–H and O–H groups in total. The maximum atomic E-state index is 13.2. The third-order valence-electron chi connectivity index (χ3n) is 5.19. The molecular weight excluding hydrogens is 520 g/mol. The molecule has 0 saturated carbocycles. The zero-order chi connectivity index (χ0) is 26.0. The summed E-state index contributed by atoms with van der Waals surface area (Å²) in [7, 11) is 0. The van der Waals surface area contributed by atoms with E-state index in [2.05, 4.69) is 20.9 Å². The van der Waals surface area contributed by atoms with Crippen LogP contribution in [0.1, 0.15) is 46.5 Å². The SMILES string of the molecule is CC(C)(C)C(=O)n1nc(-c2c(C#N)ccc(=O)n2CC(=O)c2ccsn2)cc1NCc1ccc(Cl)s1. The molecule has 0 unspecified atom stereocenters. The normalized spacial score (nSPS) is 11.3. The minimum atomic E-state index is -0.763. The number of halogens is 1. The molecule has 9 nitrogen and oxygen atoms in total. The third kappa shape index (κ3) is 5.31. The van der Waals surface area contributed by atoms with Gasteiger partial charge in [-0.25, -0.2) is 0 Å². The zero-order valence-electron chi connectivity index (χ0n) is 19.6. The monoisotopic (exact) mass is 540 g/mol. The van der Waals surface area contributed by atoms with Gasteiger partial charge in [0.05, 0.1) is 28.7 Å². The fraction of sp³-hybridized carbons (Fsp3) is 0.250. The molecule has 4 rings (SSSR count). The Morgan fingerprint density at radius 1 is 1.19 bits per heavy atom. The number of nitrogens with one attached hydrogen (secondary N) is 1. The van der Waals surface area contributed by atoms with Gasteiger partial charge in [0.25, 0.3) is 11.5 Å². The molecule has 0 bridgehead atoms. The van der Waals surface area contributed by atoms with Gasteiger partial charge >= 0.3 is 0 Å². The molecule has 0 saturated heterocycles. The lowest BCUT2D eigenvalue weighted by molar-refractivity contribution is 0.0752. The van der Waals surface area contributed by atoms with Gasteiger partial charge in [-0.05, 0) is 35.8 Å². The molecular formula is C24H21ClN6O3S2. The number of rotatable bonds is 7. The third-order valence-corrected chi connectivity index (χ3v) is 6.98. The molecule has 4 heterocycles. The van der Waals surface area contributed by atoms with Crippen molar-refractivity contribution in [2.45, 2.75) is 33.9 Å². The van der Waals surface area contributed by atoms with Crippen LogP contribution < -0.4 is 10.9 Å². The Morgan fingerprint density at radius 2 is 1.97 bits per heavy atom. The molecule has 0 atom stereocenters. The van der Waals surface area contributed by atoms with Gasteiger partial charge in [0, 0.05) is 27.8 Å². The van der Waals surface area contributed by atoms with Crippen molar-refractivity contribution in [3.63, 3.8) is 0 Å². The van der Waals surface area contributed by atoms with E-state index >= 15 is 0 Å². The van der Waals surface area contributed by atoms with Gasteiger partial charge in [-0.1, -0.05) is 32.4 Å². The number of ketones is 1.